The summed E-state index contributed by atoms with van der Waals surface area (Å²) >= 11 is 6.59. The van der Waals surface area contributed by atoms with Crippen molar-refractivity contribution in [2.75, 3.05) is 6.61 Å². The molecule has 1 saturated heterocycles. The summed E-state index contributed by atoms with van der Waals surface area (Å²) in [5.41, 5.74) is 2.14. The minimum Gasteiger partial charge on any atom is -0.394 e. The van der Waals surface area contributed by atoms with Crippen LogP contribution in [0.25, 0.3) is 0 Å². The van der Waals surface area contributed by atoms with Gasteiger partial charge in [0.25, 0.3) is 0 Å². The predicted molar refractivity (Wildman–Crippen MR) is 108 cm³/mol. The summed E-state index contributed by atoms with van der Waals surface area (Å²) in [5, 5.41) is 40.9. The van der Waals surface area contributed by atoms with Crippen LogP contribution in [0.4, 0.5) is 0 Å². The zero-order valence-corrected chi connectivity index (χ0v) is 17.3. The molecular formula is C23H31ClO5. The van der Waals surface area contributed by atoms with E-state index < -0.39 is 37.1 Å². The molecule has 1 heterocycles. The number of benzene rings is 1. The zero-order chi connectivity index (χ0) is 20.3. The van der Waals surface area contributed by atoms with E-state index >= 15 is 0 Å². The molecule has 4 saturated carbocycles. The molecule has 6 rings (SSSR count). The van der Waals surface area contributed by atoms with Crippen molar-refractivity contribution in [3.05, 3.63) is 34.3 Å². The number of rotatable bonds is 4. The van der Waals surface area contributed by atoms with Gasteiger partial charge in [-0.1, -0.05) is 23.7 Å². The normalized spacial score (nSPS) is 46.2. The Labute approximate surface area is 176 Å². The van der Waals surface area contributed by atoms with E-state index in [4.69, 9.17) is 16.3 Å². The first-order chi connectivity index (χ1) is 13.9. The van der Waals surface area contributed by atoms with E-state index in [0.29, 0.717) is 5.41 Å². The summed E-state index contributed by atoms with van der Waals surface area (Å²) in [6, 6.07) is 5.64. The average molecular weight is 423 g/mol. The summed E-state index contributed by atoms with van der Waals surface area (Å²) < 4.78 is 5.75. The Morgan fingerprint density at radius 3 is 2.14 bits per heavy atom. The number of hydrogen-bond acceptors (Lipinski definition) is 5. The lowest BCUT2D eigenvalue weighted by Crippen LogP contribution is -2.55. The Hall–Kier alpha value is -0.690. The van der Waals surface area contributed by atoms with Crippen molar-refractivity contribution in [2.45, 2.75) is 75.5 Å². The summed E-state index contributed by atoms with van der Waals surface area (Å²) in [6.45, 7) is -0.421. The maximum Gasteiger partial charge on any atom is 0.113 e. The third-order valence-electron chi connectivity index (χ3n) is 8.02. The van der Waals surface area contributed by atoms with Crippen LogP contribution in [0.3, 0.4) is 0 Å². The summed E-state index contributed by atoms with van der Waals surface area (Å²) in [7, 11) is 0. The Bertz CT molecular complexity index is 730. The van der Waals surface area contributed by atoms with E-state index in [0.717, 1.165) is 40.3 Å². The third kappa shape index (κ3) is 3.54. The van der Waals surface area contributed by atoms with Gasteiger partial charge in [0.2, 0.25) is 0 Å². The van der Waals surface area contributed by atoms with Crippen molar-refractivity contribution in [3.63, 3.8) is 0 Å². The van der Waals surface area contributed by atoms with Crippen LogP contribution in [-0.4, -0.2) is 51.4 Å². The second-order valence-electron chi connectivity index (χ2n) is 10.2. The van der Waals surface area contributed by atoms with Crippen molar-refractivity contribution in [2.24, 2.45) is 23.2 Å². The monoisotopic (exact) mass is 422 g/mol. The molecule has 4 N–H and O–H groups in total. The number of aliphatic hydroxyl groups excluding tert-OH is 4. The SMILES string of the molecule is OC[C@H]1O[C@@H](c2ccc(Cl)c(CC34CC5CC(CC(C5)C3)C4)c2)[C@H](O)[C@@H](O)[C@@H]1O. The quantitative estimate of drug-likeness (QED) is 0.599. The van der Waals surface area contributed by atoms with Crippen LogP contribution in [0, 0.1) is 23.2 Å². The zero-order valence-electron chi connectivity index (χ0n) is 16.6. The molecule has 0 unspecified atom stereocenters. The molecule has 160 valence electrons. The first kappa shape index (κ1) is 20.2. The van der Waals surface area contributed by atoms with Gasteiger partial charge in [-0.3, -0.25) is 0 Å². The maximum absolute atomic E-state index is 10.5. The fraction of sp³-hybridized carbons (Fsp3) is 0.739. The first-order valence-corrected chi connectivity index (χ1v) is 11.3. The molecule has 6 heteroatoms. The summed E-state index contributed by atoms with van der Waals surface area (Å²) in [6.07, 6.45) is 3.34. The lowest BCUT2D eigenvalue weighted by atomic mass is 9.48. The van der Waals surface area contributed by atoms with Gasteiger partial charge in [-0.05, 0) is 85.3 Å². The van der Waals surface area contributed by atoms with Crippen LogP contribution >= 0.6 is 11.6 Å². The van der Waals surface area contributed by atoms with Crippen molar-refractivity contribution >= 4 is 11.6 Å². The molecule has 1 aliphatic heterocycles. The fourth-order valence-corrected chi connectivity index (χ4v) is 7.38. The Morgan fingerprint density at radius 1 is 0.931 bits per heavy atom. The molecule has 29 heavy (non-hydrogen) atoms. The van der Waals surface area contributed by atoms with Gasteiger partial charge in [0.15, 0.2) is 0 Å². The lowest BCUT2D eigenvalue weighted by Gasteiger charge is -2.57. The van der Waals surface area contributed by atoms with E-state index in [-0.39, 0.29) is 0 Å². The average Bonchev–Trinajstić information content (AvgIpc) is 2.67. The van der Waals surface area contributed by atoms with Crippen molar-refractivity contribution in [1.82, 2.24) is 0 Å². The maximum atomic E-state index is 10.5. The van der Waals surface area contributed by atoms with Crippen molar-refractivity contribution in [1.29, 1.82) is 0 Å². The standard InChI is InChI=1S/C23H31ClO5/c24-17-2-1-15(22-21(28)20(27)19(26)18(11-25)29-22)6-16(17)10-23-7-12-3-13(8-23)5-14(4-12)9-23/h1-2,6,12-14,18-22,25-28H,3-5,7-11H2/t12?,13?,14?,18-,19-,20+,21-,22+,23?/m1/s1. The number of ether oxygens (including phenoxy) is 1. The molecule has 0 spiro atoms. The van der Waals surface area contributed by atoms with Gasteiger partial charge in [0.05, 0.1) is 6.61 Å². The highest BCUT2D eigenvalue weighted by Crippen LogP contribution is 2.61. The molecule has 0 amide bonds. The summed E-state index contributed by atoms with van der Waals surface area (Å²) in [5.74, 6) is 2.61. The van der Waals surface area contributed by atoms with Gasteiger partial charge in [-0.15, -0.1) is 0 Å². The third-order valence-corrected chi connectivity index (χ3v) is 8.39. The molecule has 0 radical (unpaired) electrons. The Morgan fingerprint density at radius 2 is 1.55 bits per heavy atom. The van der Waals surface area contributed by atoms with Crippen molar-refractivity contribution in [3.8, 4) is 0 Å². The Kier molecular flexibility index (Phi) is 5.21. The number of aliphatic hydroxyl groups is 4. The molecule has 1 aromatic rings. The van der Waals surface area contributed by atoms with E-state index in [1.165, 1.54) is 38.5 Å². The van der Waals surface area contributed by atoms with Gasteiger partial charge < -0.3 is 25.2 Å². The van der Waals surface area contributed by atoms with Crippen LogP contribution in [0.15, 0.2) is 18.2 Å². The minimum absolute atomic E-state index is 0.340. The largest absolute Gasteiger partial charge is 0.394 e. The molecule has 5 atom stereocenters. The van der Waals surface area contributed by atoms with Crippen LogP contribution in [0.5, 0.6) is 0 Å². The lowest BCUT2D eigenvalue weighted by molar-refractivity contribution is -0.231. The molecule has 4 bridgehead atoms. The van der Waals surface area contributed by atoms with Gasteiger partial charge in [0.1, 0.15) is 30.5 Å². The van der Waals surface area contributed by atoms with Crippen molar-refractivity contribution < 1.29 is 25.2 Å². The first-order valence-electron chi connectivity index (χ1n) is 11.0. The van der Waals surface area contributed by atoms with Gasteiger partial charge in [0, 0.05) is 5.02 Å². The molecule has 0 aromatic heterocycles. The van der Waals surface area contributed by atoms with E-state index in [9.17, 15) is 20.4 Å². The second kappa shape index (κ2) is 7.47. The summed E-state index contributed by atoms with van der Waals surface area (Å²) in [4.78, 5) is 0. The fourth-order valence-electron chi connectivity index (χ4n) is 7.19. The highest BCUT2D eigenvalue weighted by molar-refractivity contribution is 6.31. The van der Waals surface area contributed by atoms with E-state index in [1.807, 2.05) is 12.1 Å². The molecule has 5 fully saturated rings. The molecule has 5 aliphatic rings. The molecular weight excluding hydrogens is 392 g/mol. The van der Waals surface area contributed by atoms with E-state index in [2.05, 4.69) is 0 Å². The van der Waals surface area contributed by atoms with Crippen LogP contribution in [0.2, 0.25) is 5.02 Å². The predicted octanol–water partition coefficient (Wildman–Crippen LogP) is 2.61. The van der Waals surface area contributed by atoms with Gasteiger partial charge in [-0.25, -0.2) is 0 Å². The second-order valence-corrected chi connectivity index (χ2v) is 10.6. The number of hydrogen-bond donors (Lipinski definition) is 4. The molecule has 4 aliphatic carbocycles. The minimum atomic E-state index is -1.37. The molecule has 1 aromatic carbocycles. The van der Waals surface area contributed by atoms with E-state index in [1.54, 1.807) is 6.07 Å². The van der Waals surface area contributed by atoms with Gasteiger partial charge >= 0.3 is 0 Å². The Balaban J connectivity index is 1.41. The highest BCUT2D eigenvalue weighted by atomic mass is 35.5. The van der Waals surface area contributed by atoms with Gasteiger partial charge in [-0.2, -0.15) is 0 Å². The molecule has 5 nitrogen and oxygen atoms in total. The van der Waals surface area contributed by atoms with Crippen LogP contribution in [0.1, 0.15) is 55.8 Å². The number of halogens is 1. The highest BCUT2D eigenvalue weighted by Gasteiger charge is 2.51. The topological polar surface area (TPSA) is 90.2 Å². The van der Waals surface area contributed by atoms with Crippen LogP contribution in [-0.2, 0) is 11.2 Å². The van der Waals surface area contributed by atoms with Crippen LogP contribution < -0.4 is 0 Å². The smallest absolute Gasteiger partial charge is 0.113 e.